The second-order valence-electron chi connectivity index (χ2n) is 7.63. The number of amides is 3. The number of hydrogen-bond donors (Lipinski definition) is 3. The van der Waals surface area contributed by atoms with Gasteiger partial charge in [0.1, 0.15) is 5.00 Å². The summed E-state index contributed by atoms with van der Waals surface area (Å²) < 4.78 is 32.8. The van der Waals surface area contributed by atoms with Crippen molar-refractivity contribution in [3.8, 4) is 0 Å². The molecular weight excluding hydrogens is 492 g/mol. The molecule has 2 aromatic carbocycles. The third-order valence-electron chi connectivity index (χ3n) is 5.43. The molecule has 3 aromatic rings. The summed E-state index contributed by atoms with van der Waals surface area (Å²) in [6.07, 6.45) is -0.113. The summed E-state index contributed by atoms with van der Waals surface area (Å²) >= 11 is 1.14. The van der Waals surface area contributed by atoms with E-state index in [-0.39, 0.29) is 33.3 Å². The normalized spacial score (nSPS) is 13.0. The van der Waals surface area contributed by atoms with E-state index in [1.807, 2.05) is 0 Å². The van der Waals surface area contributed by atoms with Gasteiger partial charge < -0.3 is 20.7 Å². The highest BCUT2D eigenvalue weighted by Crippen LogP contribution is 2.37. The van der Waals surface area contributed by atoms with Gasteiger partial charge >= 0.3 is 6.09 Å². The second kappa shape index (κ2) is 9.76. The third-order valence-corrected chi connectivity index (χ3v) is 7.95. The number of nitrogens with one attached hydrogen (secondary N) is 2. The van der Waals surface area contributed by atoms with E-state index in [1.165, 1.54) is 36.3 Å². The Morgan fingerprint density at radius 2 is 1.74 bits per heavy atom. The van der Waals surface area contributed by atoms with Gasteiger partial charge in [-0.1, -0.05) is 30.3 Å². The minimum atomic E-state index is -3.93. The summed E-state index contributed by atoms with van der Waals surface area (Å²) in [7, 11) is -2.65. The molecule has 0 spiro atoms. The highest BCUT2D eigenvalue weighted by Gasteiger charge is 2.30. The zero-order valence-electron chi connectivity index (χ0n) is 18.6. The number of thiophene rings is 1. The van der Waals surface area contributed by atoms with E-state index >= 15 is 0 Å². The van der Waals surface area contributed by atoms with Crippen LogP contribution in [0.15, 0.2) is 59.5 Å². The molecule has 4 N–H and O–H groups in total. The van der Waals surface area contributed by atoms with E-state index in [2.05, 4.69) is 10.0 Å². The standard InChI is InChI=1S/C23H22N4O6S2/c1-33-23(30)27-12-11-16-18(13-27)34-22(19(16)20(24)28)25-21(29)15-9-5-6-10-17(15)26-35(31,32)14-7-3-2-4-8-14/h2-10,26H,11-13H2,1H3,(H2,24,28)(H,25,29). The molecule has 1 aliphatic rings. The lowest BCUT2D eigenvalue weighted by molar-refractivity contribution is 0.0999. The van der Waals surface area contributed by atoms with Gasteiger partial charge in [0.2, 0.25) is 0 Å². The fourth-order valence-corrected chi connectivity index (χ4v) is 6.15. The number of methoxy groups -OCH3 is 1. The summed E-state index contributed by atoms with van der Waals surface area (Å²) in [6.45, 7) is 0.560. The highest BCUT2D eigenvalue weighted by atomic mass is 32.2. The second-order valence-corrected chi connectivity index (χ2v) is 10.4. The minimum Gasteiger partial charge on any atom is -0.453 e. The van der Waals surface area contributed by atoms with E-state index < -0.39 is 27.9 Å². The quantitative estimate of drug-likeness (QED) is 0.461. The number of fused-ring (bicyclic) bond motifs is 1. The first-order chi connectivity index (χ1) is 16.7. The molecule has 10 nitrogen and oxygen atoms in total. The van der Waals surface area contributed by atoms with Gasteiger partial charge in [-0.05, 0) is 36.2 Å². The summed E-state index contributed by atoms with van der Waals surface area (Å²) in [5.74, 6) is -1.33. The van der Waals surface area contributed by atoms with Crippen LogP contribution in [-0.4, -0.2) is 44.9 Å². The molecule has 0 aliphatic carbocycles. The van der Waals surface area contributed by atoms with E-state index in [9.17, 15) is 22.8 Å². The Morgan fingerprint density at radius 3 is 2.43 bits per heavy atom. The number of carbonyl (C=O) groups excluding carboxylic acids is 3. The van der Waals surface area contributed by atoms with E-state index in [0.29, 0.717) is 23.4 Å². The fraction of sp³-hybridized carbons (Fsp3) is 0.174. The van der Waals surface area contributed by atoms with E-state index in [1.54, 1.807) is 30.3 Å². The van der Waals surface area contributed by atoms with Crippen molar-refractivity contribution in [3.63, 3.8) is 0 Å². The van der Waals surface area contributed by atoms with Crippen LogP contribution < -0.4 is 15.8 Å². The Hall–Kier alpha value is -3.90. The molecule has 0 saturated heterocycles. The van der Waals surface area contributed by atoms with Crippen molar-refractivity contribution in [2.24, 2.45) is 5.73 Å². The summed E-state index contributed by atoms with van der Waals surface area (Å²) in [6, 6.07) is 13.9. The van der Waals surface area contributed by atoms with Crippen molar-refractivity contribution in [1.29, 1.82) is 0 Å². The smallest absolute Gasteiger partial charge is 0.409 e. The summed E-state index contributed by atoms with van der Waals surface area (Å²) in [5.41, 5.74) is 6.61. The molecule has 0 atom stereocenters. The molecule has 0 saturated carbocycles. The maximum absolute atomic E-state index is 13.2. The first-order valence-corrected chi connectivity index (χ1v) is 12.8. The number of nitrogens with zero attached hydrogens (tertiary/aromatic N) is 1. The number of benzene rings is 2. The Balaban J connectivity index is 1.63. The number of primary amides is 1. The molecule has 12 heteroatoms. The number of carbonyl (C=O) groups is 3. The molecule has 2 heterocycles. The van der Waals surface area contributed by atoms with Crippen LogP contribution in [0.1, 0.15) is 31.2 Å². The molecule has 0 fully saturated rings. The average Bonchev–Trinajstić information content (AvgIpc) is 3.21. The van der Waals surface area contributed by atoms with Crippen LogP contribution in [0.3, 0.4) is 0 Å². The molecule has 182 valence electrons. The number of hydrogen-bond acceptors (Lipinski definition) is 7. The number of nitrogens with two attached hydrogens (primary N) is 1. The Kier molecular flexibility index (Phi) is 6.76. The van der Waals surface area contributed by atoms with Crippen molar-refractivity contribution >= 4 is 50.0 Å². The van der Waals surface area contributed by atoms with Gasteiger partial charge in [-0.25, -0.2) is 13.2 Å². The lowest BCUT2D eigenvalue weighted by atomic mass is 10.0. The third kappa shape index (κ3) is 4.98. The van der Waals surface area contributed by atoms with Crippen molar-refractivity contribution in [2.45, 2.75) is 17.9 Å². The van der Waals surface area contributed by atoms with Crippen LogP contribution >= 0.6 is 11.3 Å². The lowest BCUT2D eigenvalue weighted by Gasteiger charge is -2.25. The molecule has 35 heavy (non-hydrogen) atoms. The number of sulfonamides is 1. The molecule has 0 radical (unpaired) electrons. The first kappa shape index (κ1) is 24.2. The zero-order chi connectivity index (χ0) is 25.2. The Labute approximate surface area is 205 Å². The van der Waals surface area contributed by atoms with Gasteiger partial charge in [0.15, 0.2) is 0 Å². The summed E-state index contributed by atoms with van der Waals surface area (Å²) in [5, 5.41) is 2.93. The van der Waals surface area contributed by atoms with Crippen LogP contribution in [-0.2, 0) is 27.7 Å². The van der Waals surface area contributed by atoms with E-state index in [4.69, 9.17) is 10.5 Å². The van der Waals surface area contributed by atoms with Gasteiger partial charge in [0.05, 0.1) is 35.4 Å². The van der Waals surface area contributed by atoms with Crippen LogP contribution in [0, 0.1) is 0 Å². The average molecular weight is 515 g/mol. The van der Waals surface area contributed by atoms with Crippen molar-refractivity contribution in [3.05, 3.63) is 76.2 Å². The van der Waals surface area contributed by atoms with Gasteiger partial charge in [-0.2, -0.15) is 0 Å². The van der Waals surface area contributed by atoms with E-state index in [0.717, 1.165) is 11.3 Å². The predicted molar refractivity (Wildman–Crippen MR) is 131 cm³/mol. The topological polar surface area (TPSA) is 148 Å². The van der Waals surface area contributed by atoms with Crippen LogP contribution in [0.5, 0.6) is 0 Å². The van der Waals surface area contributed by atoms with Crippen LogP contribution in [0.25, 0.3) is 0 Å². The van der Waals surface area contributed by atoms with Crippen LogP contribution in [0.4, 0.5) is 15.5 Å². The van der Waals surface area contributed by atoms with Crippen molar-refractivity contribution < 1.29 is 27.5 Å². The van der Waals surface area contributed by atoms with Gasteiger partial charge in [0, 0.05) is 11.4 Å². The lowest BCUT2D eigenvalue weighted by Crippen LogP contribution is -2.35. The van der Waals surface area contributed by atoms with Gasteiger partial charge in [0.25, 0.3) is 21.8 Å². The fourth-order valence-electron chi connectivity index (χ4n) is 3.78. The highest BCUT2D eigenvalue weighted by molar-refractivity contribution is 7.92. The maximum atomic E-state index is 13.2. The number of anilines is 2. The Bertz CT molecular complexity index is 1400. The molecular formula is C23H22N4O6S2. The largest absolute Gasteiger partial charge is 0.453 e. The molecule has 1 aromatic heterocycles. The SMILES string of the molecule is COC(=O)N1CCc2c(sc(NC(=O)c3ccccc3NS(=O)(=O)c3ccccc3)c2C(N)=O)C1. The van der Waals surface area contributed by atoms with Crippen molar-refractivity contribution in [2.75, 3.05) is 23.7 Å². The maximum Gasteiger partial charge on any atom is 0.409 e. The molecule has 0 unspecified atom stereocenters. The number of para-hydroxylation sites is 1. The Morgan fingerprint density at radius 1 is 1.06 bits per heavy atom. The molecule has 3 amide bonds. The van der Waals surface area contributed by atoms with Gasteiger partial charge in [-0.3, -0.25) is 14.3 Å². The zero-order valence-corrected chi connectivity index (χ0v) is 20.2. The summed E-state index contributed by atoms with van der Waals surface area (Å²) in [4.78, 5) is 39.6. The monoisotopic (exact) mass is 514 g/mol. The predicted octanol–water partition coefficient (Wildman–Crippen LogP) is 3.02. The van der Waals surface area contributed by atoms with Gasteiger partial charge in [-0.15, -0.1) is 11.3 Å². The first-order valence-electron chi connectivity index (χ1n) is 10.5. The molecule has 0 bridgehead atoms. The molecule has 4 rings (SSSR count). The van der Waals surface area contributed by atoms with Crippen LogP contribution in [0.2, 0.25) is 0 Å². The molecule has 1 aliphatic heterocycles. The van der Waals surface area contributed by atoms with Crippen molar-refractivity contribution in [1.82, 2.24) is 4.90 Å². The number of rotatable bonds is 6. The minimum absolute atomic E-state index is 0.0484. The number of ether oxygens (including phenoxy) is 1.